The molecule has 26 heavy (non-hydrogen) atoms. The summed E-state index contributed by atoms with van der Waals surface area (Å²) < 4.78 is 4.09. The number of rotatable bonds is 4. The second kappa shape index (κ2) is 8.33. The first-order valence-electron chi connectivity index (χ1n) is 8.04. The molecule has 0 aliphatic heterocycles. The summed E-state index contributed by atoms with van der Waals surface area (Å²) in [4.78, 5) is 0. The van der Waals surface area contributed by atoms with Crippen molar-refractivity contribution in [3.63, 3.8) is 0 Å². The molecule has 134 valence electrons. The van der Waals surface area contributed by atoms with Crippen LogP contribution in [0.3, 0.4) is 0 Å². The fourth-order valence-corrected chi connectivity index (χ4v) is 3.36. The van der Waals surface area contributed by atoms with Crippen LogP contribution in [-0.4, -0.2) is 14.9 Å². The van der Waals surface area contributed by atoms with Gasteiger partial charge in [0.05, 0.1) is 22.4 Å². The normalized spacial score (nSPS) is 10.6. The monoisotopic (exact) mass is 492 g/mol. The van der Waals surface area contributed by atoms with Crippen molar-refractivity contribution in [3.05, 3.63) is 74.4 Å². The minimum Gasteiger partial charge on any atom is -0.332 e. The lowest BCUT2D eigenvalue weighted by Crippen LogP contribution is -2.19. The number of benzene rings is 2. The van der Waals surface area contributed by atoms with E-state index in [1.165, 1.54) is 0 Å². The van der Waals surface area contributed by atoms with Gasteiger partial charge in [0.25, 0.3) is 0 Å². The van der Waals surface area contributed by atoms with Gasteiger partial charge >= 0.3 is 0 Å². The van der Waals surface area contributed by atoms with Crippen molar-refractivity contribution in [3.8, 4) is 0 Å². The topological polar surface area (TPSA) is 41.9 Å². The molecule has 0 radical (unpaired) electrons. The van der Waals surface area contributed by atoms with Crippen LogP contribution in [0.1, 0.15) is 17.0 Å². The first kappa shape index (κ1) is 19.1. The fourth-order valence-electron chi connectivity index (χ4n) is 2.58. The zero-order valence-corrected chi connectivity index (χ0v) is 18.4. The molecule has 1 heterocycles. The van der Waals surface area contributed by atoms with Gasteiger partial charge < -0.3 is 10.6 Å². The highest BCUT2D eigenvalue weighted by molar-refractivity contribution is 9.10. The molecule has 0 saturated carbocycles. The average molecular weight is 494 g/mol. The molecule has 0 bridgehead atoms. The SMILES string of the molecule is Cc1nn(Cc2cccc(NC(=S)Nc3ccc(Br)cc3)c2)c(C)c1Br. The third-order valence-corrected chi connectivity index (χ3v) is 5.79. The average Bonchev–Trinajstić information content (AvgIpc) is 2.84. The van der Waals surface area contributed by atoms with E-state index in [4.69, 9.17) is 12.2 Å². The lowest BCUT2D eigenvalue weighted by molar-refractivity contribution is 0.659. The quantitative estimate of drug-likeness (QED) is 0.445. The number of thiocarbonyl (C=S) groups is 1. The van der Waals surface area contributed by atoms with Crippen LogP contribution in [0.15, 0.2) is 57.5 Å². The van der Waals surface area contributed by atoms with Gasteiger partial charge in [-0.3, -0.25) is 4.68 Å². The Morgan fingerprint density at radius 2 is 1.73 bits per heavy atom. The molecule has 0 atom stereocenters. The molecule has 7 heteroatoms. The summed E-state index contributed by atoms with van der Waals surface area (Å²) in [7, 11) is 0. The Balaban J connectivity index is 1.67. The lowest BCUT2D eigenvalue weighted by Gasteiger charge is -2.12. The molecular formula is C19H18Br2N4S. The standard InChI is InChI=1S/C19H18Br2N4S/c1-12-18(21)13(2)25(24-12)11-14-4-3-5-17(10-14)23-19(26)22-16-8-6-15(20)7-9-16/h3-10H,11H2,1-2H3,(H2,22,23,26). The van der Waals surface area contributed by atoms with Gasteiger partial charge in [-0.2, -0.15) is 5.10 Å². The molecule has 0 fully saturated rings. The van der Waals surface area contributed by atoms with Gasteiger partial charge in [-0.25, -0.2) is 0 Å². The maximum atomic E-state index is 5.41. The van der Waals surface area contributed by atoms with Gasteiger partial charge in [0, 0.05) is 15.8 Å². The summed E-state index contributed by atoms with van der Waals surface area (Å²) >= 11 is 12.4. The zero-order chi connectivity index (χ0) is 18.7. The number of aromatic nitrogens is 2. The zero-order valence-electron chi connectivity index (χ0n) is 14.4. The van der Waals surface area contributed by atoms with E-state index in [9.17, 15) is 0 Å². The van der Waals surface area contributed by atoms with Gasteiger partial charge in [-0.1, -0.05) is 28.1 Å². The molecule has 0 aliphatic rings. The largest absolute Gasteiger partial charge is 0.332 e. The highest BCUT2D eigenvalue weighted by Gasteiger charge is 2.09. The predicted octanol–water partition coefficient (Wildman–Crippen LogP) is 5.88. The van der Waals surface area contributed by atoms with Crippen LogP contribution in [0.5, 0.6) is 0 Å². The van der Waals surface area contributed by atoms with E-state index in [0.717, 1.165) is 37.3 Å². The second-order valence-corrected chi connectivity index (χ2v) is 8.05. The lowest BCUT2D eigenvalue weighted by atomic mass is 10.2. The second-order valence-electron chi connectivity index (χ2n) is 5.93. The van der Waals surface area contributed by atoms with Gasteiger partial charge in [-0.05, 0) is 84.0 Å². The molecule has 0 saturated heterocycles. The van der Waals surface area contributed by atoms with Gasteiger partial charge in [0.15, 0.2) is 5.11 Å². The summed E-state index contributed by atoms with van der Waals surface area (Å²) in [5, 5.41) is 11.5. The van der Waals surface area contributed by atoms with E-state index < -0.39 is 0 Å². The molecule has 0 amide bonds. The van der Waals surface area contributed by atoms with Crippen LogP contribution < -0.4 is 10.6 Å². The first-order valence-corrected chi connectivity index (χ1v) is 10.0. The molecule has 3 rings (SSSR count). The minimum atomic E-state index is 0.554. The Morgan fingerprint density at radius 3 is 2.38 bits per heavy atom. The number of nitrogens with zero attached hydrogens (tertiary/aromatic N) is 2. The van der Waals surface area contributed by atoms with E-state index >= 15 is 0 Å². The van der Waals surface area contributed by atoms with Crippen LogP contribution in [-0.2, 0) is 6.54 Å². The summed E-state index contributed by atoms with van der Waals surface area (Å²) in [6.45, 7) is 4.77. The van der Waals surface area contributed by atoms with Gasteiger partial charge in [0.1, 0.15) is 0 Å². The van der Waals surface area contributed by atoms with Crippen molar-refractivity contribution in [2.45, 2.75) is 20.4 Å². The number of nitrogens with one attached hydrogen (secondary N) is 2. The Morgan fingerprint density at radius 1 is 1.04 bits per heavy atom. The highest BCUT2D eigenvalue weighted by atomic mass is 79.9. The van der Waals surface area contributed by atoms with E-state index in [-0.39, 0.29) is 0 Å². The van der Waals surface area contributed by atoms with E-state index in [1.54, 1.807) is 0 Å². The summed E-state index contributed by atoms with van der Waals surface area (Å²) in [5.41, 5.74) is 5.15. The number of anilines is 2. The Kier molecular flexibility index (Phi) is 6.11. The van der Waals surface area contributed by atoms with E-state index in [0.29, 0.717) is 11.7 Å². The van der Waals surface area contributed by atoms with E-state index in [1.807, 2.05) is 48.0 Å². The van der Waals surface area contributed by atoms with Crippen molar-refractivity contribution < 1.29 is 0 Å². The molecule has 2 N–H and O–H groups in total. The van der Waals surface area contributed by atoms with Crippen LogP contribution >= 0.6 is 44.1 Å². The number of aryl methyl sites for hydroxylation is 1. The van der Waals surface area contributed by atoms with Crippen molar-refractivity contribution in [1.82, 2.24) is 9.78 Å². The molecule has 1 aromatic heterocycles. The third kappa shape index (κ3) is 4.72. The molecular weight excluding hydrogens is 476 g/mol. The minimum absolute atomic E-state index is 0.554. The first-order chi connectivity index (χ1) is 12.4. The van der Waals surface area contributed by atoms with Gasteiger partial charge in [0.2, 0.25) is 0 Å². The Bertz CT molecular complexity index is 935. The van der Waals surface area contributed by atoms with Crippen molar-refractivity contribution >= 4 is 60.6 Å². The van der Waals surface area contributed by atoms with E-state index in [2.05, 4.69) is 66.6 Å². The molecule has 0 aliphatic carbocycles. The van der Waals surface area contributed by atoms with Crippen LogP contribution in [0.4, 0.5) is 11.4 Å². The third-order valence-electron chi connectivity index (χ3n) is 3.91. The maximum Gasteiger partial charge on any atom is 0.175 e. The highest BCUT2D eigenvalue weighted by Crippen LogP contribution is 2.21. The summed E-state index contributed by atoms with van der Waals surface area (Å²) in [6.07, 6.45) is 0. The number of hydrogen-bond donors (Lipinski definition) is 2. The smallest absolute Gasteiger partial charge is 0.175 e. The molecule has 3 aromatic rings. The Labute approximate surface area is 175 Å². The van der Waals surface area contributed by atoms with Crippen LogP contribution in [0.25, 0.3) is 0 Å². The summed E-state index contributed by atoms with van der Waals surface area (Å²) in [6, 6.07) is 16.1. The number of hydrogen-bond acceptors (Lipinski definition) is 2. The van der Waals surface area contributed by atoms with Crippen molar-refractivity contribution in [1.29, 1.82) is 0 Å². The number of halogens is 2. The van der Waals surface area contributed by atoms with Crippen molar-refractivity contribution in [2.75, 3.05) is 10.6 Å². The molecule has 0 unspecified atom stereocenters. The van der Waals surface area contributed by atoms with Gasteiger partial charge in [-0.15, -0.1) is 0 Å². The van der Waals surface area contributed by atoms with Crippen molar-refractivity contribution in [2.24, 2.45) is 0 Å². The molecule has 2 aromatic carbocycles. The van der Waals surface area contributed by atoms with Crippen LogP contribution in [0, 0.1) is 13.8 Å². The fraction of sp³-hybridized carbons (Fsp3) is 0.158. The molecule has 4 nitrogen and oxygen atoms in total. The molecule has 0 spiro atoms. The summed E-state index contributed by atoms with van der Waals surface area (Å²) in [5.74, 6) is 0. The Hall–Kier alpha value is -1.70. The maximum absolute atomic E-state index is 5.41. The predicted molar refractivity (Wildman–Crippen MR) is 119 cm³/mol. The van der Waals surface area contributed by atoms with Crippen LogP contribution in [0.2, 0.25) is 0 Å².